The van der Waals surface area contributed by atoms with E-state index in [4.69, 9.17) is 9.47 Å². The molecule has 31 heavy (non-hydrogen) atoms. The van der Waals surface area contributed by atoms with Crippen molar-refractivity contribution in [1.82, 2.24) is 15.5 Å². The van der Waals surface area contributed by atoms with E-state index in [1.54, 1.807) is 6.07 Å². The summed E-state index contributed by atoms with van der Waals surface area (Å²) in [6, 6.07) is 2.85. The van der Waals surface area contributed by atoms with Crippen LogP contribution in [0.25, 0.3) is 0 Å². The van der Waals surface area contributed by atoms with Crippen LogP contribution in [0.15, 0.2) is 18.2 Å². The number of hydrogen-bond donors (Lipinski definition) is 3. The zero-order chi connectivity index (χ0) is 22.0. The van der Waals surface area contributed by atoms with Gasteiger partial charge in [-0.2, -0.15) is 5.10 Å². The summed E-state index contributed by atoms with van der Waals surface area (Å²) in [4.78, 5) is 23.9. The van der Waals surface area contributed by atoms with Crippen LogP contribution in [-0.2, 0) is 20.8 Å². The number of amides is 2. The van der Waals surface area contributed by atoms with Crippen molar-refractivity contribution in [3.63, 3.8) is 0 Å². The van der Waals surface area contributed by atoms with E-state index in [1.807, 2.05) is 0 Å². The smallest absolute Gasteiger partial charge is 0.407 e. The molecule has 0 spiro atoms. The summed E-state index contributed by atoms with van der Waals surface area (Å²) in [5.74, 6) is -3.17. The highest BCUT2D eigenvalue weighted by Gasteiger charge is 2.35. The zero-order valence-corrected chi connectivity index (χ0v) is 16.4. The lowest BCUT2D eigenvalue weighted by molar-refractivity contribution is -0.124. The first-order valence-corrected chi connectivity index (χ1v) is 9.94. The maximum atomic E-state index is 13.6. The molecule has 0 radical (unpaired) electrons. The summed E-state index contributed by atoms with van der Waals surface area (Å²) >= 11 is 0. The third kappa shape index (κ3) is 4.98. The van der Waals surface area contributed by atoms with E-state index in [1.165, 1.54) is 0 Å². The van der Waals surface area contributed by atoms with E-state index in [9.17, 15) is 22.8 Å². The number of carbonyl (C=O) groups is 2. The summed E-state index contributed by atoms with van der Waals surface area (Å²) in [7, 11) is 0. The Morgan fingerprint density at radius 3 is 2.68 bits per heavy atom. The molecule has 2 aromatic rings. The van der Waals surface area contributed by atoms with Gasteiger partial charge in [0.2, 0.25) is 0 Å². The number of ether oxygens (including phenoxy) is 2. The Morgan fingerprint density at radius 2 is 1.94 bits per heavy atom. The van der Waals surface area contributed by atoms with Crippen LogP contribution in [0.4, 0.5) is 23.8 Å². The fourth-order valence-corrected chi connectivity index (χ4v) is 3.58. The lowest BCUT2D eigenvalue weighted by Gasteiger charge is -2.33. The number of alkyl carbamates (subject to hydrolysis) is 1. The predicted molar refractivity (Wildman–Crippen MR) is 102 cm³/mol. The number of aromatic amines is 1. The average Bonchev–Trinajstić information content (AvgIpc) is 3.38. The van der Waals surface area contributed by atoms with Crippen LogP contribution in [-0.4, -0.2) is 41.0 Å². The second kappa shape index (κ2) is 8.96. The third-order valence-corrected chi connectivity index (χ3v) is 5.39. The van der Waals surface area contributed by atoms with E-state index in [2.05, 4.69) is 20.8 Å². The summed E-state index contributed by atoms with van der Waals surface area (Å²) in [6.45, 7) is 0.253. The number of halogens is 3. The molecule has 2 amide bonds. The lowest BCUT2D eigenvalue weighted by Crippen LogP contribution is -2.36. The molecule has 11 heteroatoms. The second-order valence-corrected chi connectivity index (χ2v) is 7.61. The van der Waals surface area contributed by atoms with Gasteiger partial charge in [0.05, 0.1) is 0 Å². The number of nitrogens with zero attached hydrogens (tertiary/aromatic N) is 1. The Kier molecular flexibility index (Phi) is 6.12. The Labute approximate surface area is 175 Å². The molecule has 1 unspecified atom stereocenters. The third-order valence-electron chi connectivity index (χ3n) is 5.39. The zero-order valence-electron chi connectivity index (χ0n) is 16.4. The van der Waals surface area contributed by atoms with E-state index in [-0.39, 0.29) is 30.0 Å². The maximum Gasteiger partial charge on any atom is 0.407 e. The van der Waals surface area contributed by atoms with E-state index in [0.29, 0.717) is 43.8 Å². The Bertz CT molecular complexity index is 971. The largest absolute Gasteiger partial charge is 0.446 e. The van der Waals surface area contributed by atoms with Crippen LogP contribution in [0.5, 0.6) is 0 Å². The van der Waals surface area contributed by atoms with Crippen LogP contribution < -0.4 is 10.6 Å². The molecule has 1 aliphatic heterocycles. The minimum absolute atomic E-state index is 0.0855. The van der Waals surface area contributed by atoms with Crippen LogP contribution in [0.1, 0.15) is 42.9 Å². The second-order valence-electron chi connectivity index (χ2n) is 7.61. The van der Waals surface area contributed by atoms with Crippen molar-refractivity contribution in [2.75, 3.05) is 11.9 Å². The molecule has 1 saturated carbocycles. The van der Waals surface area contributed by atoms with Gasteiger partial charge in [-0.3, -0.25) is 9.89 Å². The molecule has 1 saturated heterocycles. The van der Waals surface area contributed by atoms with Crippen LogP contribution in [0.3, 0.4) is 0 Å². The normalized spacial score (nSPS) is 22.6. The van der Waals surface area contributed by atoms with Gasteiger partial charge in [-0.25, -0.2) is 18.0 Å². The topological polar surface area (TPSA) is 105 Å². The summed E-state index contributed by atoms with van der Waals surface area (Å²) < 4.78 is 50.3. The molecule has 2 heterocycles. The van der Waals surface area contributed by atoms with Crippen molar-refractivity contribution in [2.24, 2.45) is 0 Å². The number of carbonyl (C=O) groups excluding carboxylic acids is 2. The van der Waals surface area contributed by atoms with Crippen molar-refractivity contribution >= 4 is 17.8 Å². The number of benzene rings is 1. The molecule has 4 rings (SSSR count). The molecular formula is C20H21F3N4O4. The monoisotopic (exact) mass is 438 g/mol. The van der Waals surface area contributed by atoms with E-state index in [0.717, 1.165) is 12.1 Å². The molecule has 8 nitrogen and oxygen atoms in total. The van der Waals surface area contributed by atoms with E-state index < -0.39 is 29.6 Å². The Balaban J connectivity index is 1.20. The number of anilines is 1. The van der Waals surface area contributed by atoms with Gasteiger partial charge < -0.3 is 20.1 Å². The minimum Gasteiger partial charge on any atom is -0.446 e. The van der Waals surface area contributed by atoms with Gasteiger partial charge in [-0.05, 0) is 31.7 Å². The number of rotatable bonds is 6. The summed E-state index contributed by atoms with van der Waals surface area (Å²) in [5, 5.41) is 12.0. The number of H-pyrrole nitrogens is 1. The first kappa shape index (κ1) is 21.2. The Hall–Kier alpha value is -3.08. The van der Waals surface area contributed by atoms with Crippen molar-refractivity contribution in [1.29, 1.82) is 0 Å². The summed E-state index contributed by atoms with van der Waals surface area (Å²) in [5.41, 5.74) is 0.629. The van der Waals surface area contributed by atoms with Gasteiger partial charge in [0.25, 0.3) is 5.91 Å². The molecule has 166 valence electrons. The molecule has 2 aliphatic rings. The van der Waals surface area contributed by atoms with Gasteiger partial charge in [0, 0.05) is 42.5 Å². The first-order chi connectivity index (χ1) is 14.9. The molecule has 1 aliphatic carbocycles. The molecule has 1 atom stereocenters. The molecule has 2 fully saturated rings. The van der Waals surface area contributed by atoms with Gasteiger partial charge >= 0.3 is 6.09 Å². The van der Waals surface area contributed by atoms with Gasteiger partial charge in [-0.1, -0.05) is 0 Å². The maximum absolute atomic E-state index is 13.6. The van der Waals surface area contributed by atoms with Gasteiger partial charge in [0.1, 0.15) is 18.0 Å². The molecule has 0 bridgehead atoms. The molecule has 1 aromatic heterocycles. The number of nitrogens with one attached hydrogen (secondary N) is 3. The highest BCUT2D eigenvalue weighted by atomic mass is 19.2. The van der Waals surface area contributed by atoms with Crippen LogP contribution >= 0.6 is 0 Å². The molecule has 1 aromatic carbocycles. The average molecular weight is 438 g/mol. The predicted octanol–water partition coefficient (Wildman–Crippen LogP) is 3.12. The number of hydrogen-bond acceptors (Lipinski definition) is 5. The summed E-state index contributed by atoms with van der Waals surface area (Å²) in [6.07, 6.45) is 1.09. The first-order valence-electron chi connectivity index (χ1n) is 9.94. The van der Waals surface area contributed by atoms with Crippen LogP contribution in [0, 0.1) is 17.5 Å². The minimum atomic E-state index is -1.29. The molecule has 3 N–H and O–H groups in total. The van der Waals surface area contributed by atoms with Crippen LogP contribution in [0.2, 0.25) is 0 Å². The van der Waals surface area contributed by atoms with Crippen molar-refractivity contribution in [2.45, 2.75) is 50.4 Å². The quantitative estimate of drug-likeness (QED) is 0.601. The standard InChI is InChI=1S/C20H21F3N4O4/c21-13-7-15(23)14(22)6-11(13)9-24-20(29)31-12-4-10(5-12)16-8-18(27-26-16)25-19(28)17-2-1-3-30-17/h6-8,10,12,17H,1-5,9H2,(H,24,29)(H2,25,26,27,28). The van der Waals surface area contributed by atoms with Gasteiger partial charge in [0.15, 0.2) is 17.5 Å². The SMILES string of the molecule is O=C(NCc1cc(F)c(F)cc1F)OC1CC(c2cc(NC(=O)C3CCCO3)n[nH]2)C1. The Morgan fingerprint density at radius 1 is 1.16 bits per heavy atom. The fourth-order valence-electron chi connectivity index (χ4n) is 3.58. The highest BCUT2D eigenvalue weighted by molar-refractivity contribution is 5.93. The van der Waals surface area contributed by atoms with Crippen molar-refractivity contribution in [3.8, 4) is 0 Å². The molecular weight excluding hydrogens is 417 g/mol. The van der Waals surface area contributed by atoms with E-state index >= 15 is 0 Å². The van der Waals surface area contributed by atoms with Crippen molar-refractivity contribution < 1.29 is 32.2 Å². The van der Waals surface area contributed by atoms with Gasteiger partial charge in [-0.15, -0.1) is 0 Å². The lowest BCUT2D eigenvalue weighted by atomic mass is 9.80. The highest BCUT2D eigenvalue weighted by Crippen LogP contribution is 2.38. The van der Waals surface area contributed by atoms with Crippen molar-refractivity contribution in [3.05, 3.63) is 46.9 Å². The fraction of sp³-hybridized carbons (Fsp3) is 0.450. The number of aromatic nitrogens is 2.